The molecule has 0 heterocycles. The number of esters is 1. The Morgan fingerprint density at radius 3 is 2.31 bits per heavy atom. The van der Waals surface area contributed by atoms with Gasteiger partial charge in [0, 0.05) is 6.04 Å². The second-order valence-corrected chi connectivity index (χ2v) is 4.27. The Labute approximate surface area is 96.7 Å². The molecule has 0 fully saturated rings. The summed E-state index contributed by atoms with van der Waals surface area (Å²) in [6, 6.07) is -1.22. The Morgan fingerprint density at radius 1 is 1.31 bits per heavy atom. The normalized spacial score (nSPS) is 14.4. The maximum atomic E-state index is 11.5. The van der Waals surface area contributed by atoms with Crippen molar-refractivity contribution in [3.8, 4) is 0 Å². The molecule has 2 unspecified atom stereocenters. The van der Waals surface area contributed by atoms with Crippen LogP contribution < -0.4 is 11.1 Å². The molecule has 3 N–H and O–H groups in total. The van der Waals surface area contributed by atoms with E-state index in [1.807, 2.05) is 6.92 Å². The summed E-state index contributed by atoms with van der Waals surface area (Å²) in [4.78, 5) is 22.7. The van der Waals surface area contributed by atoms with Crippen LogP contribution in [0, 0.1) is 5.92 Å². The van der Waals surface area contributed by atoms with Gasteiger partial charge in [-0.05, 0) is 26.2 Å². The Hall–Kier alpha value is -1.10. The third kappa shape index (κ3) is 5.70. The highest BCUT2D eigenvalue weighted by Crippen LogP contribution is 2.03. The van der Waals surface area contributed by atoms with Crippen LogP contribution in [0.25, 0.3) is 0 Å². The fourth-order valence-corrected chi connectivity index (χ4v) is 1.44. The second kappa shape index (κ2) is 7.22. The van der Waals surface area contributed by atoms with Crippen LogP contribution in [0.15, 0.2) is 0 Å². The summed E-state index contributed by atoms with van der Waals surface area (Å²) in [5.41, 5.74) is 5.44. The molecular formula is C11H22N2O3. The van der Waals surface area contributed by atoms with Crippen molar-refractivity contribution >= 4 is 11.9 Å². The summed E-state index contributed by atoms with van der Waals surface area (Å²) >= 11 is 0. The number of rotatable bonds is 6. The van der Waals surface area contributed by atoms with Gasteiger partial charge in [0.15, 0.2) is 6.04 Å². The zero-order chi connectivity index (χ0) is 12.7. The first-order chi connectivity index (χ1) is 7.38. The van der Waals surface area contributed by atoms with Gasteiger partial charge in [-0.1, -0.05) is 13.8 Å². The van der Waals surface area contributed by atoms with Crippen molar-refractivity contribution in [3.05, 3.63) is 0 Å². The lowest BCUT2D eigenvalue weighted by Gasteiger charge is -2.18. The van der Waals surface area contributed by atoms with Gasteiger partial charge in [0.05, 0.1) is 6.61 Å². The van der Waals surface area contributed by atoms with Gasteiger partial charge in [-0.3, -0.25) is 4.79 Å². The van der Waals surface area contributed by atoms with Crippen molar-refractivity contribution in [2.24, 2.45) is 11.7 Å². The minimum Gasteiger partial charge on any atom is -0.464 e. The van der Waals surface area contributed by atoms with Crippen molar-refractivity contribution < 1.29 is 14.3 Å². The van der Waals surface area contributed by atoms with Gasteiger partial charge in [-0.25, -0.2) is 4.79 Å². The fraction of sp³-hybridized carbons (Fsp3) is 0.818. The minimum absolute atomic E-state index is 0.00739. The lowest BCUT2D eigenvalue weighted by molar-refractivity contribution is -0.148. The third-order valence-corrected chi connectivity index (χ3v) is 2.04. The van der Waals surface area contributed by atoms with Crippen molar-refractivity contribution in [3.63, 3.8) is 0 Å². The van der Waals surface area contributed by atoms with Crippen LogP contribution >= 0.6 is 0 Å². The van der Waals surface area contributed by atoms with E-state index in [2.05, 4.69) is 23.9 Å². The fourth-order valence-electron chi connectivity index (χ4n) is 1.44. The highest BCUT2D eigenvalue weighted by molar-refractivity contribution is 6.01. The van der Waals surface area contributed by atoms with E-state index in [1.165, 1.54) is 0 Å². The van der Waals surface area contributed by atoms with E-state index < -0.39 is 17.9 Å². The summed E-state index contributed by atoms with van der Waals surface area (Å²) in [7, 11) is 0. The summed E-state index contributed by atoms with van der Waals surface area (Å²) in [5, 5.41) is 2.69. The van der Waals surface area contributed by atoms with Crippen molar-refractivity contribution in [2.45, 2.75) is 46.2 Å². The maximum absolute atomic E-state index is 11.5. The quantitative estimate of drug-likeness (QED) is 0.512. The van der Waals surface area contributed by atoms with Crippen molar-refractivity contribution in [1.29, 1.82) is 0 Å². The molecule has 1 amide bonds. The molecular weight excluding hydrogens is 208 g/mol. The van der Waals surface area contributed by atoms with Gasteiger partial charge in [0.25, 0.3) is 0 Å². The van der Waals surface area contributed by atoms with E-state index >= 15 is 0 Å². The van der Waals surface area contributed by atoms with Crippen LogP contribution in [0.1, 0.15) is 34.1 Å². The summed E-state index contributed by atoms with van der Waals surface area (Å²) in [6.07, 6.45) is 0.848. The number of nitrogens with two attached hydrogens (primary N) is 1. The molecule has 0 saturated carbocycles. The highest BCUT2D eigenvalue weighted by Gasteiger charge is 2.24. The molecule has 0 saturated heterocycles. The Balaban J connectivity index is 4.09. The first-order valence-corrected chi connectivity index (χ1v) is 5.61. The van der Waals surface area contributed by atoms with Crippen LogP contribution in [0.5, 0.6) is 0 Å². The van der Waals surface area contributed by atoms with E-state index in [-0.39, 0.29) is 12.6 Å². The molecule has 0 aromatic rings. The molecule has 0 aromatic carbocycles. The second-order valence-electron chi connectivity index (χ2n) is 4.27. The Bertz CT molecular complexity index is 241. The summed E-state index contributed by atoms with van der Waals surface area (Å²) in [5.74, 6) is -0.683. The van der Waals surface area contributed by atoms with E-state index in [0.29, 0.717) is 5.92 Å². The van der Waals surface area contributed by atoms with Gasteiger partial charge in [0.1, 0.15) is 0 Å². The minimum atomic E-state index is -1.23. The van der Waals surface area contributed by atoms with Crippen molar-refractivity contribution in [2.75, 3.05) is 6.61 Å². The smallest absolute Gasteiger partial charge is 0.332 e. The molecule has 0 spiro atoms. The molecule has 16 heavy (non-hydrogen) atoms. The number of amides is 1. The number of ether oxygens (including phenoxy) is 1. The molecule has 0 radical (unpaired) electrons. The molecule has 0 aromatic heterocycles. The van der Waals surface area contributed by atoms with Crippen molar-refractivity contribution in [1.82, 2.24) is 5.32 Å². The Kier molecular flexibility index (Phi) is 6.72. The first kappa shape index (κ1) is 14.9. The van der Waals surface area contributed by atoms with E-state index in [9.17, 15) is 9.59 Å². The Morgan fingerprint density at radius 2 is 1.88 bits per heavy atom. The number of carbonyl (C=O) groups is 2. The van der Waals surface area contributed by atoms with Gasteiger partial charge >= 0.3 is 5.97 Å². The largest absolute Gasteiger partial charge is 0.464 e. The van der Waals surface area contributed by atoms with E-state index in [0.717, 1.165) is 6.42 Å². The molecule has 0 aliphatic carbocycles. The van der Waals surface area contributed by atoms with Crippen LogP contribution in [0.2, 0.25) is 0 Å². The topological polar surface area (TPSA) is 81.4 Å². The van der Waals surface area contributed by atoms with Crippen LogP contribution in [0.4, 0.5) is 0 Å². The van der Waals surface area contributed by atoms with Crippen LogP contribution in [0.3, 0.4) is 0 Å². The highest BCUT2D eigenvalue weighted by atomic mass is 16.5. The number of hydrogen-bond donors (Lipinski definition) is 2. The average molecular weight is 230 g/mol. The lowest BCUT2D eigenvalue weighted by Crippen LogP contribution is -2.49. The number of nitrogens with one attached hydrogen (secondary N) is 1. The number of carbonyl (C=O) groups excluding carboxylic acids is 2. The summed E-state index contributed by atoms with van der Waals surface area (Å²) < 4.78 is 4.66. The lowest BCUT2D eigenvalue weighted by atomic mass is 10.1. The molecule has 0 rings (SSSR count). The number of hydrogen-bond acceptors (Lipinski definition) is 4. The average Bonchev–Trinajstić information content (AvgIpc) is 2.15. The summed E-state index contributed by atoms with van der Waals surface area (Å²) in [6.45, 7) is 7.91. The van der Waals surface area contributed by atoms with Gasteiger partial charge in [0.2, 0.25) is 5.91 Å². The third-order valence-electron chi connectivity index (χ3n) is 2.04. The van der Waals surface area contributed by atoms with Gasteiger partial charge in [-0.15, -0.1) is 0 Å². The van der Waals surface area contributed by atoms with Crippen LogP contribution in [-0.4, -0.2) is 30.6 Å². The van der Waals surface area contributed by atoms with Gasteiger partial charge < -0.3 is 15.8 Å². The predicted octanol–water partition coefficient (Wildman–Crippen LogP) is 0.428. The molecule has 5 nitrogen and oxygen atoms in total. The molecule has 94 valence electrons. The zero-order valence-electron chi connectivity index (χ0n) is 10.4. The van der Waals surface area contributed by atoms with E-state index in [4.69, 9.17) is 5.73 Å². The zero-order valence-corrected chi connectivity index (χ0v) is 10.4. The molecule has 2 atom stereocenters. The predicted molar refractivity (Wildman–Crippen MR) is 61.7 cm³/mol. The van der Waals surface area contributed by atoms with Gasteiger partial charge in [-0.2, -0.15) is 0 Å². The maximum Gasteiger partial charge on any atom is 0.332 e. The molecule has 0 aliphatic rings. The SMILES string of the molecule is CCOC(=O)C(N)C(=O)NC(C)CC(C)C. The molecule has 0 bridgehead atoms. The first-order valence-electron chi connectivity index (χ1n) is 5.61. The molecule has 0 aliphatic heterocycles. The van der Waals surface area contributed by atoms with Crippen LogP contribution in [-0.2, 0) is 14.3 Å². The standard InChI is InChI=1S/C11H22N2O3/c1-5-16-11(15)9(12)10(14)13-8(4)6-7(2)3/h7-9H,5-6,12H2,1-4H3,(H,13,14). The monoisotopic (exact) mass is 230 g/mol. The molecule has 5 heteroatoms. The van der Waals surface area contributed by atoms with E-state index in [1.54, 1.807) is 6.92 Å².